The van der Waals surface area contributed by atoms with Crippen LogP contribution in [0.3, 0.4) is 0 Å². The first-order chi connectivity index (χ1) is 12.3. The average Bonchev–Trinajstić information content (AvgIpc) is 3.00. The molecule has 4 nitrogen and oxygen atoms in total. The number of hydrogen-bond donors (Lipinski definition) is 0. The van der Waals surface area contributed by atoms with Crippen LogP contribution in [-0.4, -0.2) is 23.9 Å². The Hall–Kier alpha value is -2.66. The molecule has 0 atom stereocenters. The minimum Gasteiger partial charge on any atom is -0.543 e. The Balaban J connectivity index is 2.16. The molecule has 0 fully saturated rings. The number of aryl methyl sites for hydroxylation is 2. The molecule has 5 heteroatoms. The molecule has 0 saturated heterocycles. The fourth-order valence-electron chi connectivity index (χ4n) is 2.61. The Morgan fingerprint density at radius 2 is 1.73 bits per heavy atom. The monoisotopic (exact) mass is 363 g/mol. The molecule has 0 amide bonds. The Bertz CT molecular complexity index is 924. The lowest BCUT2D eigenvalue weighted by molar-refractivity contribution is 0.559. The van der Waals surface area contributed by atoms with Crippen LogP contribution in [0.4, 0.5) is 5.69 Å². The van der Waals surface area contributed by atoms with E-state index in [4.69, 9.17) is 9.42 Å². The van der Waals surface area contributed by atoms with Gasteiger partial charge in [0.25, 0.3) is 0 Å². The van der Waals surface area contributed by atoms with Gasteiger partial charge in [-0.15, -0.1) is 0 Å². The highest BCUT2D eigenvalue weighted by atomic mass is 28.4. The van der Waals surface area contributed by atoms with Crippen molar-refractivity contribution in [1.29, 1.82) is 0 Å². The lowest BCUT2D eigenvalue weighted by atomic mass is 10.2. The summed E-state index contributed by atoms with van der Waals surface area (Å²) >= 11 is 0. The Kier molecular flexibility index (Phi) is 5.09. The van der Waals surface area contributed by atoms with Crippen molar-refractivity contribution in [2.75, 3.05) is 0 Å². The van der Waals surface area contributed by atoms with Crippen LogP contribution >= 0.6 is 0 Å². The first-order valence-corrected chi connectivity index (χ1v) is 12.2. The summed E-state index contributed by atoms with van der Waals surface area (Å²) in [6.07, 6.45) is 1.94. The van der Waals surface area contributed by atoms with Gasteiger partial charge in [0, 0.05) is 11.8 Å². The smallest absolute Gasteiger partial charge is 0.242 e. The lowest BCUT2D eigenvalue weighted by Gasteiger charge is -2.21. The van der Waals surface area contributed by atoms with Crippen LogP contribution in [-0.2, 0) is 0 Å². The second kappa shape index (κ2) is 7.29. The normalized spacial score (nSPS) is 12.3. The van der Waals surface area contributed by atoms with Crippen molar-refractivity contribution in [3.63, 3.8) is 0 Å². The van der Waals surface area contributed by atoms with Crippen LogP contribution < -0.4 is 4.43 Å². The summed E-state index contributed by atoms with van der Waals surface area (Å²) in [5.41, 5.74) is 3.95. The third kappa shape index (κ3) is 4.49. The summed E-state index contributed by atoms with van der Waals surface area (Å²) in [7, 11) is -1.74. The van der Waals surface area contributed by atoms with Crippen LogP contribution in [0.5, 0.6) is 5.75 Å². The number of aromatic nitrogens is 2. The minimum atomic E-state index is -1.74. The summed E-state index contributed by atoms with van der Waals surface area (Å²) in [5, 5.41) is 4.56. The highest BCUT2D eigenvalue weighted by Gasteiger charge is 2.19. The number of nitrogens with zero attached hydrogens (tertiary/aromatic N) is 3. The molecule has 134 valence electrons. The van der Waals surface area contributed by atoms with Gasteiger partial charge in [-0.25, -0.2) is 9.67 Å². The molecule has 0 N–H and O–H groups in total. The van der Waals surface area contributed by atoms with E-state index in [0.717, 1.165) is 34.1 Å². The highest BCUT2D eigenvalue weighted by molar-refractivity contribution is 6.70. The van der Waals surface area contributed by atoms with Gasteiger partial charge in [0.1, 0.15) is 11.4 Å². The fraction of sp³-hybridized carbons (Fsp3) is 0.238. The van der Waals surface area contributed by atoms with Gasteiger partial charge in [-0.3, -0.25) is 0 Å². The van der Waals surface area contributed by atoms with Gasteiger partial charge in [-0.05, 0) is 57.3 Å². The SMILES string of the molecule is Cc1ccc(O[Si](C)(C)C)c(N=C(c2ccccc2)n2ccc(C)n2)c1. The Labute approximate surface area is 156 Å². The Morgan fingerprint density at radius 1 is 1.00 bits per heavy atom. The van der Waals surface area contributed by atoms with Gasteiger partial charge >= 0.3 is 0 Å². The lowest BCUT2D eigenvalue weighted by Crippen LogP contribution is -2.29. The van der Waals surface area contributed by atoms with Gasteiger partial charge in [-0.1, -0.05) is 36.4 Å². The molecule has 0 unspecified atom stereocenters. The highest BCUT2D eigenvalue weighted by Crippen LogP contribution is 2.31. The standard InChI is InChI=1S/C21H25N3OSi/c1-16-11-12-20(25-26(3,4)5)19(15-16)22-21(18-9-7-6-8-10-18)24-14-13-17(2)23-24/h6-15H,1-5H3. The van der Waals surface area contributed by atoms with E-state index in [9.17, 15) is 0 Å². The number of aliphatic imine (C=N–C) groups is 1. The average molecular weight is 364 g/mol. The minimum absolute atomic E-state index is 0.782. The van der Waals surface area contributed by atoms with E-state index in [1.54, 1.807) is 0 Å². The van der Waals surface area contributed by atoms with Crippen LogP contribution in [0.1, 0.15) is 16.8 Å². The molecular weight excluding hydrogens is 338 g/mol. The van der Waals surface area contributed by atoms with E-state index >= 15 is 0 Å². The van der Waals surface area contributed by atoms with E-state index < -0.39 is 8.32 Å². The van der Waals surface area contributed by atoms with Crippen LogP contribution in [0.25, 0.3) is 0 Å². The topological polar surface area (TPSA) is 39.4 Å². The summed E-state index contributed by atoms with van der Waals surface area (Å²) in [4.78, 5) is 4.97. The largest absolute Gasteiger partial charge is 0.543 e. The number of hydrogen-bond acceptors (Lipinski definition) is 3. The zero-order valence-electron chi connectivity index (χ0n) is 16.0. The molecule has 1 aromatic heterocycles. The van der Waals surface area contributed by atoms with Gasteiger partial charge in [0.2, 0.25) is 8.32 Å². The molecule has 26 heavy (non-hydrogen) atoms. The first-order valence-electron chi connectivity index (χ1n) is 8.78. The van der Waals surface area contributed by atoms with Crippen molar-refractivity contribution in [1.82, 2.24) is 9.78 Å². The molecule has 0 bridgehead atoms. The maximum Gasteiger partial charge on any atom is 0.242 e. The maximum atomic E-state index is 6.27. The maximum absolute atomic E-state index is 6.27. The van der Waals surface area contributed by atoms with Gasteiger partial charge in [0.05, 0.1) is 5.69 Å². The molecule has 2 aromatic carbocycles. The predicted molar refractivity (Wildman–Crippen MR) is 110 cm³/mol. The van der Waals surface area contributed by atoms with Gasteiger partial charge < -0.3 is 4.43 Å². The van der Waals surface area contributed by atoms with Crippen molar-refractivity contribution in [2.45, 2.75) is 33.5 Å². The molecule has 0 aliphatic heterocycles. The summed E-state index contributed by atoms with van der Waals surface area (Å²) in [6, 6.07) is 18.2. The zero-order chi connectivity index (χ0) is 18.7. The van der Waals surface area contributed by atoms with Crippen molar-refractivity contribution in [3.05, 3.63) is 77.6 Å². The van der Waals surface area contributed by atoms with Crippen LogP contribution in [0, 0.1) is 13.8 Å². The molecule has 0 aliphatic rings. The zero-order valence-corrected chi connectivity index (χ0v) is 17.0. The molecular formula is C21H25N3OSi. The van der Waals surface area contributed by atoms with Crippen molar-refractivity contribution in [2.24, 2.45) is 4.99 Å². The van der Waals surface area contributed by atoms with Gasteiger partial charge in [0.15, 0.2) is 5.84 Å². The Morgan fingerprint density at radius 3 is 2.35 bits per heavy atom. The molecule has 0 aliphatic carbocycles. The quantitative estimate of drug-likeness (QED) is 0.356. The van der Waals surface area contributed by atoms with Crippen molar-refractivity contribution < 1.29 is 4.43 Å². The summed E-state index contributed by atoms with van der Waals surface area (Å²) < 4.78 is 8.09. The van der Waals surface area contributed by atoms with E-state index in [2.05, 4.69) is 43.8 Å². The van der Waals surface area contributed by atoms with Gasteiger partial charge in [-0.2, -0.15) is 5.10 Å². The molecule has 1 heterocycles. The van der Waals surface area contributed by atoms with Crippen molar-refractivity contribution in [3.8, 4) is 5.75 Å². The summed E-state index contributed by atoms with van der Waals surface area (Å²) in [5.74, 6) is 1.61. The number of rotatable bonds is 4. The summed E-state index contributed by atoms with van der Waals surface area (Å²) in [6.45, 7) is 10.6. The van der Waals surface area contributed by atoms with Crippen molar-refractivity contribution >= 4 is 19.8 Å². The molecule has 3 aromatic rings. The van der Waals surface area contributed by atoms with E-state index in [-0.39, 0.29) is 0 Å². The third-order valence-electron chi connectivity index (χ3n) is 3.73. The fourth-order valence-corrected chi connectivity index (χ4v) is 3.45. The molecule has 3 rings (SSSR count). The van der Waals surface area contributed by atoms with Crippen LogP contribution in [0.2, 0.25) is 19.6 Å². The van der Waals surface area contributed by atoms with E-state index in [0.29, 0.717) is 0 Å². The third-order valence-corrected chi connectivity index (χ3v) is 4.56. The molecule has 0 radical (unpaired) electrons. The second-order valence-electron chi connectivity index (χ2n) is 7.39. The first kappa shape index (κ1) is 18.1. The molecule has 0 spiro atoms. The van der Waals surface area contributed by atoms with Crippen LogP contribution in [0.15, 0.2) is 65.8 Å². The molecule has 0 saturated carbocycles. The van der Waals surface area contributed by atoms with E-state index in [1.165, 1.54) is 0 Å². The predicted octanol–water partition coefficient (Wildman–Crippen LogP) is 5.34. The van der Waals surface area contributed by atoms with E-state index in [1.807, 2.05) is 60.3 Å². The second-order valence-corrected chi connectivity index (χ2v) is 11.8. The number of benzene rings is 2.